The van der Waals surface area contributed by atoms with E-state index in [1.165, 1.54) is 21.9 Å². The summed E-state index contributed by atoms with van der Waals surface area (Å²) in [6.07, 6.45) is 8.79. The van der Waals surface area contributed by atoms with Crippen LogP contribution >= 0.6 is 10.7 Å². The molecule has 126 valence electrons. The molecule has 0 unspecified atom stereocenters. The van der Waals surface area contributed by atoms with E-state index in [0.717, 1.165) is 12.8 Å². The molecule has 0 radical (unpaired) electrons. The van der Waals surface area contributed by atoms with Gasteiger partial charge in [-0.3, -0.25) is 0 Å². The number of allylic oxidation sites excluding steroid dienone is 1. The fraction of sp³-hybridized carbons (Fsp3) is 0.167. The third-order valence-corrected chi connectivity index (χ3v) is 3.18. The summed E-state index contributed by atoms with van der Waals surface area (Å²) >= 11 is 0. The molecule has 4 nitrogen and oxygen atoms in total. The van der Waals surface area contributed by atoms with E-state index in [0.29, 0.717) is 0 Å². The Morgan fingerprint density at radius 3 is 2.50 bits per heavy atom. The van der Waals surface area contributed by atoms with Gasteiger partial charge >= 0.3 is 0 Å². The van der Waals surface area contributed by atoms with Crippen molar-refractivity contribution in [1.29, 1.82) is 0 Å². The highest BCUT2D eigenvalue weighted by molar-refractivity contribution is 8.13. The van der Waals surface area contributed by atoms with E-state index in [9.17, 15) is 8.42 Å². The van der Waals surface area contributed by atoms with E-state index in [4.69, 9.17) is 0 Å². The quantitative estimate of drug-likeness (QED) is 0.652. The number of imidazole rings is 1. The largest absolute Gasteiger partial charge is 0.333 e. The Morgan fingerprint density at radius 2 is 1.88 bits per heavy atom. The number of fused-ring (bicyclic) bond motifs is 1. The molecule has 0 saturated carbocycles. The first kappa shape index (κ1) is 18.2. The van der Waals surface area contributed by atoms with Gasteiger partial charge in [0.25, 0.3) is 0 Å². The van der Waals surface area contributed by atoms with Gasteiger partial charge in [0.05, 0.1) is 12.6 Å². The molecule has 3 rings (SSSR count). The monoisotopic (exact) mass is 362 g/mol. The maximum Gasteiger partial charge on any atom is 0.229 e. The Morgan fingerprint density at radius 1 is 1.21 bits per heavy atom. The van der Waals surface area contributed by atoms with Crippen LogP contribution in [0.2, 0.25) is 0 Å². The standard InChI is InChI=1S/C17H16N2.CH3ClO2S/c1-14(12-19-9-8-18-13-19)10-15-6-7-16-4-2-3-5-17(16)11-15;1-5(2,3)4/h2-11,13H,12H2,1H3;1H3. The first-order valence-corrected chi connectivity index (χ1v) is 10.0. The molecule has 0 atom stereocenters. The Hall–Kier alpha value is -2.11. The second-order valence-corrected chi connectivity index (χ2v) is 8.56. The van der Waals surface area contributed by atoms with E-state index in [2.05, 4.69) is 75.7 Å². The van der Waals surface area contributed by atoms with Gasteiger partial charge in [0.1, 0.15) is 0 Å². The van der Waals surface area contributed by atoms with Crippen molar-refractivity contribution >= 4 is 36.6 Å². The molecule has 0 spiro atoms. The minimum absolute atomic E-state index is 0.882. The normalized spacial score (nSPS) is 11.9. The highest BCUT2D eigenvalue weighted by Gasteiger charge is 1.96. The summed E-state index contributed by atoms with van der Waals surface area (Å²) < 4.78 is 20.9. The van der Waals surface area contributed by atoms with Gasteiger partial charge in [0, 0.05) is 29.6 Å². The maximum absolute atomic E-state index is 9.40. The highest BCUT2D eigenvalue weighted by atomic mass is 35.7. The van der Waals surface area contributed by atoms with Crippen LogP contribution in [0.25, 0.3) is 16.8 Å². The van der Waals surface area contributed by atoms with Gasteiger partial charge in [0.15, 0.2) is 0 Å². The molecule has 0 aliphatic heterocycles. The Kier molecular flexibility index (Phi) is 6.17. The second kappa shape index (κ2) is 8.13. The molecule has 2 aromatic carbocycles. The lowest BCUT2D eigenvalue weighted by molar-refractivity contribution is 0.615. The SMILES string of the molecule is CC(=Cc1ccc2ccccc2c1)Cn1ccnc1.CS(=O)(=O)Cl. The summed E-state index contributed by atoms with van der Waals surface area (Å²) in [6.45, 7) is 3.03. The minimum atomic E-state index is -3.19. The molecule has 0 fully saturated rings. The molecule has 6 heteroatoms. The number of nitrogens with zero attached hydrogens (tertiary/aromatic N) is 2. The molecular weight excluding hydrogens is 344 g/mol. The lowest BCUT2D eigenvalue weighted by Gasteiger charge is -2.04. The average molecular weight is 363 g/mol. The zero-order valence-electron chi connectivity index (χ0n) is 13.6. The van der Waals surface area contributed by atoms with Crippen LogP contribution in [0.4, 0.5) is 0 Å². The van der Waals surface area contributed by atoms with Gasteiger partial charge in [-0.25, -0.2) is 13.4 Å². The van der Waals surface area contributed by atoms with Crippen molar-refractivity contribution in [3.05, 3.63) is 72.3 Å². The van der Waals surface area contributed by atoms with Crippen molar-refractivity contribution in [1.82, 2.24) is 9.55 Å². The first-order valence-electron chi connectivity index (χ1n) is 7.32. The van der Waals surface area contributed by atoms with E-state index in [1.807, 2.05) is 18.7 Å². The number of aromatic nitrogens is 2. The number of rotatable bonds is 3. The van der Waals surface area contributed by atoms with Crippen LogP contribution < -0.4 is 0 Å². The molecule has 0 saturated heterocycles. The summed E-state index contributed by atoms with van der Waals surface area (Å²) in [6, 6.07) is 15.0. The zero-order valence-corrected chi connectivity index (χ0v) is 15.1. The Bertz CT molecular complexity index is 925. The summed E-state index contributed by atoms with van der Waals surface area (Å²) in [5.41, 5.74) is 2.56. The van der Waals surface area contributed by atoms with Crippen LogP contribution in [0.3, 0.4) is 0 Å². The maximum atomic E-state index is 9.40. The van der Waals surface area contributed by atoms with Crippen LogP contribution in [0.15, 0.2) is 66.8 Å². The minimum Gasteiger partial charge on any atom is -0.333 e. The number of hydrogen-bond donors (Lipinski definition) is 0. The molecule has 24 heavy (non-hydrogen) atoms. The molecule has 0 bridgehead atoms. The molecule has 0 amide bonds. The smallest absolute Gasteiger partial charge is 0.229 e. The lowest BCUT2D eigenvalue weighted by Crippen LogP contribution is -1.95. The summed E-state index contributed by atoms with van der Waals surface area (Å²) in [5.74, 6) is 0. The van der Waals surface area contributed by atoms with Gasteiger partial charge in [-0.2, -0.15) is 0 Å². The van der Waals surface area contributed by atoms with Crippen molar-refractivity contribution in [2.45, 2.75) is 13.5 Å². The highest BCUT2D eigenvalue weighted by Crippen LogP contribution is 2.17. The van der Waals surface area contributed by atoms with Crippen molar-refractivity contribution in [2.24, 2.45) is 0 Å². The second-order valence-electron chi connectivity index (χ2n) is 5.51. The topological polar surface area (TPSA) is 52.0 Å². The fourth-order valence-corrected chi connectivity index (χ4v) is 2.30. The predicted molar refractivity (Wildman–Crippen MR) is 101 cm³/mol. The van der Waals surface area contributed by atoms with Crippen molar-refractivity contribution < 1.29 is 8.42 Å². The summed E-state index contributed by atoms with van der Waals surface area (Å²) in [4.78, 5) is 4.06. The number of benzene rings is 2. The molecule has 1 heterocycles. The van der Waals surface area contributed by atoms with Crippen LogP contribution in [0, 0.1) is 0 Å². The van der Waals surface area contributed by atoms with Gasteiger partial charge < -0.3 is 4.57 Å². The summed E-state index contributed by atoms with van der Waals surface area (Å²) in [7, 11) is 1.31. The summed E-state index contributed by atoms with van der Waals surface area (Å²) in [5, 5.41) is 2.57. The van der Waals surface area contributed by atoms with Crippen LogP contribution in [-0.2, 0) is 15.6 Å². The van der Waals surface area contributed by atoms with E-state index < -0.39 is 9.05 Å². The first-order chi connectivity index (χ1) is 11.3. The lowest BCUT2D eigenvalue weighted by atomic mass is 10.1. The van der Waals surface area contributed by atoms with Gasteiger partial charge in [-0.15, -0.1) is 0 Å². The van der Waals surface area contributed by atoms with Gasteiger partial charge in [0.2, 0.25) is 9.05 Å². The van der Waals surface area contributed by atoms with Crippen molar-refractivity contribution in [3.8, 4) is 0 Å². The molecule has 0 aliphatic rings. The third kappa shape index (κ3) is 6.56. The molecule has 1 aromatic heterocycles. The van der Waals surface area contributed by atoms with E-state index in [-0.39, 0.29) is 0 Å². The number of hydrogen-bond acceptors (Lipinski definition) is 3. The zero-order chi connectivity index (χ0) is 17.6. The van der Waals surface area contributed by atoms with Crippen molar-refractivity contribution in [2.75, 3.05) is 6.26 Å². The van der Waals surface area contributed by atoms with Gasteiger partial charge in [-0.1, -0.05) is 48.0 Å². The molecule has 3 aromatic rings. The molecule has 0 N–H and O–H groups in total. The molecule has 0 aliphatic carbocycles. The fourth-order valence-electron chi connectivity index (χ4n) is 2.30. The van der Waals surface area contributed by atoms with Gasteiger partial charge in [-0.05, 0) is 29.3 Å². The van der Waals surface area contributed by atoms with Crippen LogP contribution in [0.1, 0.15) is 12.5 Å². The van der Waals surface area contributed by atoms with E-state index in [1.54, 1.807) is 0 Å². The van der Waals surface area contributed by atoms with Crippen molar-refractivity contribution in [3.63, 3.8) is 0 Å². The average Bonchev–Trinajstić information content (AvgIpc) is 2.98. The van der Waals surface area contributed by atoms with Crippen LogP contribution in [0.5, 0.6) is 0 Å². The Balaban J connectivity index is 0.000000368. The molecular formula is C18H19ClN2O2S. The number of halogens is 1. The third-order valence-electron chi connectivity index (χ3n) is 3.18. The van der Waals surface area contributed by atoms with Crippen LogP contribution in [-0.4, -0.2) is 24.2 Å². The Labute approximate surface area is 146 Å². The van der Waals surface area contributed by atoms with E-state index >= 15 is 0 Å². The predicted octanol–water partition coefficient (Wildman–Crippen LogP) is 4.32.